The number of ether oxygens (including phenoxy) is 2. The lowest BCUT2D eigenvalue weighted by Crippen LogP contribution is -2.60. The first-order valence-electron chi connectivity index (χ1n) is 8.87. The molecule has 0 amide bonds. The number of nitrogens with two attached hydrogens (primary N) is 1. The van der Waals surface area contributed by atoms with Gasteiger partial charge in [0.05, 0.1) is 0 Å². The Labute approximate surface area is 161 Å². The average molecular weight is 389 g/mol. The van der Waals surface area contributed by atoms with E-state index in [2.05, 4.69) is 0 Å². The maximum absolute atomic E-state index is 12.0. The summed E-state index contributed by atoms with van der Waals surface area (Å²) >= 11 is 0. The standard InChI is InChI=1S/C20H23NO7/c21-10-14-16(22)17(23)18(24)20(28-14)27-13-9-5-4-8-12(13)15(19(25)26)11-6-2-1-3-7-11/h1-9,14-18,20,22-24H,10,21H2,(H,25,26)/t14-,15?,16-,17+,18+,20+/m1/s1. The van der Waals surface area contributed by atoms with Gasteiger partial charge in [-0.3, -0.25) is 4.79 Å². The lowest BCUT2D eigenvalue weighted by molar-refractivity contribution is -0.269. The van der Waals surface area contributed by atoms with Gasteiger partial charge in [0.15, 0.2) is 0 Å². The summed E-state index contributed by atoms with van der Waals surface area (Å²) in [6, 6.07) is 15.2. The van der Waals surface area contributed by atoms with E-state index in [1.807, 2.05) is 0 Å². The molecule has 1 fully saturated rings. The van der Waals surface area contributed by atoms with E-state index in [-0.39, 0.29) is 12.3 Å². The Kier molecular flexibility index (Phi) is 6.28. The Morgan fingerprint density at radius 3 is 2.29 bits per heavy atom. The van der Waals surface area contributed by atoms with E-state index in [4.69, 9.17) is 15.2 Å². The number of aliphatic hydroxyl groups excluding tert-OH is 3. The van der Waals surface area contributed by atoms with Gasteiger partial charge in [0.25, 0.3) is 0 Å². The van der Waals surface area contributed by atoms with Crippen LogP contribution in [-0.2, 0) is 9.53 Å². The van der Waals surface area contributed by atoms with Crippen LogP contribution in [0.4, 0.5) is 0 Å². The normalized spacial score (nSPS) is 28.5. The van der Waals surface area contributed by atoms with Crippen LogP contribution in [0, 0.1) is 0 Å². The molecule has 0 spiro atoms. The van der Waals surface area contributed by atoms with Gasteiger partial charge in [0, 0.05) is 12.1 Å². The van der Waals surface area contributed by atoms with Crippen LogP contribution in [-0.4, -0.2) is 63.6 Å². The Morgan fingerprint density at radius 2 is 1.64 bits per heavy atom. The van der Waals surface area contributed by atoms with Crippen molar-refractivity contribution in [1.82, 2.24) is 0 Å². The number of aliphatic carboxylic acids is 1. The van der Waals surface area contributed by atoms with Crippen LogP contribution in [0.5, 0.6) is 5.75 Å². The zero-order chi connectivity index (χ0) is 20.3. The van der Waals surface area contributed by atoms with E-state index in [1.165, 1.54) is 0 Å². The second-order valence-corrected chi connectivity index (χ2v) is 6.59. The van der Waals surface area contributed by atoms with Gasteiger partial charge in [0.2, 0.25) is 6.29 Å². The second-order valence-electron chi connectivity index (χ2n) is 6.59. The summed E-state index contributed by atoms with van der Waals surface area (Å²) in [5.74, 6) is -1.89. The van der Waals surface area contributed by atoms with E-state index in [0.29, 0.717) is 11.1 Å². The first-order valence-corrected chi connectivity index (χ1v) is 8.87. The highest BCUT2D eigenvalue weighted by molar-refractivity contribution is 5.81. The Bertz CT molecular complexity index is 798. The summed E-state index contributed by atoms with van der Waals surface area (Å²) in [6.07, 6.45) is -6.65. The fraction of sp³-hybridized carbons (Fsp3) is 0.350. The average Bonchev–Trinajstić information content (AvgIpc) is 2.70. The zero-order valence-corrected chi connectivity index (χ0v) is 15.0. The Morgan fingerprint density at radius 1 is 1.00 bits per heavy atom. The fourth-order valence-corrected chi connectivity index (χ4v) is 3.26. The van der Waals surface area contributed by atoms with Crippen molar-refractivity contribution in [2.45, 2.75) is 36.6 Å². The lowest BCUT2D eigenvalue weighted by Gasteiger charge is -2.40. The van der Waals surface area contributed by atoms with Crippen molar-refractivity contribution in [2.24, 2.45) is 5.73 Å². The van der Waals surface area contributed by atoms with Crippen LogP contribution in [0.2, 0.25) is 0 Å². The molecule has 3 rings (SSSR count). The number of para-hydroxylation sites is 1. The number of rotatable bonds is 6. The smallest absolute Gasteiger partial charge is 0.315 e. The van der Waals surface area contributed by atoms with Crippen molar-refractivity contribution in [2.75, 3.05) is 6.54 Å². The predicted octanol–water partition coefficient (Wildman–Crippen LogP) is 0.0482. The van der Waals surface area contributed by atoms with Gasteiger partial charge < -0.3 is 35.6 Å². The molecule has 1 aliphatic heterocycles. The summed E-state index contributed by atoms with van der Waals surface area (Å²) in [6.45, 7) is -0.0891. The van der Waals surface area contributed by atoms with Crippen LogP contribution >= 0.6 is 0 Å². The highest BCUT2D eigenvalue weighted by atomic mass is 16.7. The Balaban J connectivity index is 1.93. The molecule has 150 valence electrons. The molecule has 1 saturated heterocycles. The molecule has 0 bridgehead atoms. The molecule has 8 nitrogen and oxygen atoms in total. The van der Waals surface area contributed by atoms with Gasteiger partial charge in [-0.1, -0.05) is 48.5 Å². The molecular weight excluding hydrogens is 366 g/mol. The number of aliphatic hydroxyl groups is 3. The number of hydrogen-bond acceptors (Lipinski definition) is 7. The topological polar surface area (TPSA) is 142 Å². The molecule has 0 saturated carbocycles. The van der Waals surface area contributed by atoms with Gasteiger partial charge in [0.1, 0.15) is 36.1 Å². The van der Waals surface area contributed by atoms with Crippen molar-refractivity contribution in [3.63, 3.8) is 0 Å². The van der Waals surface area contributed by atoms with Crippen LogP contribution in [0.3, 0.4) is 0 Å². The third-order valence-corrected chi connectivity index (χ3v) is 4.75. The molecule has 2 aromatic carbocycles. The number of carboxylic acid groups (broad SMARTS) is 1. The van der Waals surface area contributed by atoms with E-state index in [1.54, 1.807) is 54.6 Å². The number of carboxylic acids is 1. The summed E-state index contributed by atoms with van der Waals surface area (Å²) in [7, 11) is 0. The molecule has 0 aromatic heterocycles. The number of benzene rings is 2. The van der Waals surface area contributed by atoms with Crippen molar-refractivity contribution in [1.29, 1.82) is 0 Å². The molecule has 1 heterocycles. The highest BCUT2D eigenvalue weighted by Crippen LogP contribution is 2.34. The first kappa shape index (κ1) is 20.2. The van der Waals surface area contributed by atoms with Gasteiger partial charge in [-0.2, -0.15) is 0 Å². The van der Waals surface area contributed by atoms with Crippen LogP contribution in [0.25, 0.3) is 0 Å². The first-order chi connectivity index (χ1) is 13.4. The van der Waals surface area contributed by atoms with Crippen LogP contribution < -0.4 is 10.5 Å². The van der Waals surface area contributed by atoms with Gasteiger partial charge >= 0.3 is 5.97 Å². The van der Waals surface area contributed by atoms with E-state index in [9.17, 15) is 25.2 Å². The summed E-state index contributed by atoms with van der Waals surface area (Å²) in [5, 5.41) is 40.0. The number of carbonyl (C=O) groups is 1. The second kappa shape index (κ2) is 8.68. The maximum atomic E-state index is 12.0. The molecule has 0 radical (unpaired) electrons. The number of hydrogen-bond donors (Lipinski definition) is 5. The molecule has 6 N–H and O–H groups in total. The van der Waals surface area contributed by atoms with Gasteiger partial charge in [-0.15, -0.1) is 0 Å². The van der Waals surface area contributed by atoms with E-state index in [0.717, 1.165) is 0 Å². The molecule has 1 aliphatic rings. The summed E-state index contributed by atoms with van der Waals surface area (Å²) in [5.41, 5.74) is 6.46. The van der Waals surface area contributed by atoms with Gasteiger partial charge in [-0.05, 0) is 11.6 Å². The fourth-order valence-electron chi connectivity index (χ4n) is 3.26. The molecule has 6 atom stereocenters. The molecule has 8 heteroatoms. The van der Waals surface area contributed by atoms with Crippen LogP contribution in [0.15, 0.2) is 54.6 Å². The molecule has 28 heavy (non-hydrogen) atoms. The van der Waals surface area contributed by atoms with E-state index < -0.39 is 42.6 Å². The van der Waals surface area contributed by atoms with Crippen molar-refractivity contribution in [3.8, 4) is 5.75 Å². The quantitative estimate of drug-likeness (QED) is 0.466. The molecular formula is C20H23NO7. The van der Waals surface area contributed by atoms with Crippen LogP contribution in [0.1, 0.15) is 17.0 Å². The summed E-state index contributed by atoms with van der Waals surface area (Å²) < 4.78 is 11.2. The SMILES string of the molecule is NC[C@H]1O[C@H](Oc2ccccc2C(C(=O)O)c2ccccc2)[C@@H](O)[C@@H](O)[C@@H]1O. The molecule has 2 aromatic rings. The van der Waals surface area contributed by atoms with Crippen molar-refractivity contribution < 1.29 is 34.7 Å². The minimum absolute atomic E-state index is 0.0891. The minimum atomic E-state index is -1.54. The summed E-state index contributed by atoms with van der Waals surface area (Å²) in [4.78, 5) is 12.0. The monoisotopic (exact) mass is 389 g/mol. The van der Waals surface area contributed by atoms with Crippen molar-refractivity contribution >= 4 is 5.97 Å². The molecule has 1 unspecified atom stereocenters. The third-order valence-electron chi connectivity index (χ3n) is 4.75. The van der Waals surface area contributed by atoms with Crippen molar-refractivity contribution in [3.05, 3.63) is 65.7 Å². The Hall–Kier alpha value is -2.49. The minimum Gasteiger partial charge on any atom is -0.481 e. The zero-order valence-electron chi connectivity index (χ0n) is 15.0. The molecule has 0 aliphatic carbocycles. The largest absolute Gasteiger partial charge is 0.481 e. The van der Waals surface area contributed by atoms with E-state index >= 15 is 0 Å². The maximum Gasteiger partial charge on any atom is 0.315 e. The lowest BCUT2D eigenvalue weighted by atomic mass is 9.90. The van der Waals surface area contributed by atoms with Gasteiger partial charge in [-0.25, -0.2) is 0 Å². The highest BCUT2D eigenvalue weighted by Gasteiger charge is 2.44. The predicted molar refractivity (Wildman–Crippen MR) is 98.7 cm³/mol. The third kappa shape index (κ3) is 4.01.